The molecule has 2 amide bonds. The summed E-state index contributed by atoms with van der Waals surface area (Å²) in [5.41, 5.74) is 2.14. The number of amides is 2. The molecule has 0 bridgehead atoms. The van der Waals surface area contributed by atoms with E-state index in [-0.39, 0.29) is 17.0 Å². The lowest BCUT2D eigenvalue weighted by atomic mass is 10.1. The van der Waals surface area contributed by atoms with Crippen molar-refractivity contribution in [3.05, 3.63) is 87.2 Å². The van der Waals surface area contributed by atoms with Gasteiger partial charge in [-0.15, -0.1) is 0 Å². The highest BCUT2D eigenvalue weighted by Crippen LogP contribution is 2.35. The first-order valence-electron chi connectivity index (χ1n) is 8.77. The molecule has 0 aliphatic carbocycles. The van der Waals surface area contributed by atoms with E-state index in [1.54, 1.807) is 36.4 Å². The Labute approximate surface area is 176 Å². The molecular weight excluding hydrogens is 413 g/mol. The fourth-order valence-corrected chi connectivity index (χ4v) is 3.99. The molecule has 0 saturated carbocycles. The first-order chi connectivity index (χ1) is 13.9. The number of hydrogen-bond donors (Lipinski definition) is 0. The van der Waals surface area contributed by atoms with Gasteiger partial charge in [-0.25, -0.2) is 4.39 Å². The van der Waals surface area contributed by atoms with Crippen LogP contribution in [0.25, 0.3) is 17.4 Å². The lowest BCUT2D eigenvalue weighted by molar-refractivity contribution is -0.123. The summed E-state index contributed by atoms with van der Waals surface area (Å²) in [7, 11) is 0. The minimum Gasteiger partial charge on any atom is -0.457 e. The molecule has 2 aromatic carbocycles. The van der Waals surface area contributed by atoms with Crippen LogP contribution in [0.5, 0.6) is 0 Å². The van der Waals surface area contributed by atoms with Crippen LogP contribution in [0, 0.1) is 12.7 Å². The van der Waals surface area contributed by atoms with Gasteiger partial charge in [-0.3, -0.25) is 14.5 Å². The molecular formula is C22H15ClFNO3S. The smallest absolute Gasteiger partial charge is 0.293 e. The third-order valence-corrected chi connectivity index (χ3v) is 5.67. The Hall–Kier alpha value is -2.83. The fraction of sp³-hybridized carbons (Fsp3) is 0.0909. The van der Waals surface area contributed by atoms with Gasteiger partial charge in [-0.05, 0) is 54.6 Å². The number of carbonyl (C=O) groups is 2. The van der Waals surface area contributed by atoms with Gasteiger partial charge < -0.3 is 4.42 Å². The third kappa shape index (κ3) is 3.99. The molecule has 0 spiro atoms. The number of carbonyl (C=O) groups excluding carboxylic acids is 2. The maximum absolute atomic E-state index is 13.9. The second-order valence-corrected chi connectivity index (χ2v) is 7.95. The molecule has 0 unspecified atom stereocenters. The maximum atomic E-state index is 13.9. The van der Waals surface area contributed by atoms with Gasteiger partial charge in [-0.1, -0.05) is 35.9 Å². The Balaban J connectivity index is 1.57. The average Bonchev–Trinajstić information content (AvgIpc) is 3.25. The summed E-state index contributed by atoms with van der Waals surface area (Å²) in [6, 6.07) is 15.1. The number of rotatable bonds is 4. The minimum atomic E-state index is -0.472. The second kappa shape index (κ2) is 7.89. The van der Waals surface area contributed by atoms with Gasteiger partial charge in [0, 0.05) is 22.2 Å². The van der Waals surface area contributed by atoms with Gasteiger partial charge in [0.25, 0.3) is 11.1 Å². The largest absolute Gasteiger partial charge is 0.457 e. The Bertz CT molecular complexity index is 1150. The molecule has 1 aliphatic heterocycles. The monoisotopic (exact) mass is 427 g/mol. The molecule has 146 valence electrons. The Morgan fingerprint density at radius 2 is 1.93 bits per heavy atom. The van der Waals surface area contributed by atoms with Crippen LogP contribution in [-0.4, -0.2) is 16.0 Å². The summed E-state index contributed by atoms with van der Waals surface area (Å²) in [6.07, 6.45) is 1.52. The highest BCUT2D eigenvalue weighted by Gasteiger charge is 2.35. The zero-order chi connectivity index (χ0) is 20.5. The van der Waals surface area contributed by atoms with Crippen molar-refractivity contribution in [2.45, 2.75) is 13.5 Å². The molecule has 7 heteroatoms. The Morgan fingerprint density at radius 1 is 1.14 bits per heavy atom. The van der Waals surface area contributed by atoms with Crippen LogP contribution in [0.1, 0.15) is 16.9 Å². The molecule has 4 nitrogen and oxygen atoms in total. The number of thioether (sulfide) groups is 1. The molecule has 0 N–H and O–H groups in total. The summed E-state index contributed by atoms with van der Waals surface area (Å²) >= 11 is 6.88. The highest BCUT2D eigenvalue weighted by atomic mass is 35.5. The van der Waals surface area contributed by atoms with E-state index >= 15 is 0 Å². The molecule has 1 fully saturated rings. The maximum Gasteiger partial charge on any atom is 0.293 e. The molecule has 4 rings (SSSR count). The Kier molecular flexibility index (Phi) is 5.30. The standard InChI is InChI=1S/C22H15ClFNO3S/c1-13-6-7-15(23)10-17(13)19-9-8-16(28-19)11-20-21(26)25(22(27)29-20)12-14-4-2-3-5-18(14)24/h2-11H,12H2,1H3/b20-11-. The summed E-state index contributed by atoms with van der Waals surface area (Å²) < 4.78 is 19.7. The molecule has 0 atom stereocenters. The van der Waals surface area contributed by atoms with E-state index < -0.39 is 17.0 Å². The average molecular weight is 428 g/mol. The van der Waals surface area contributed by atoms with Crippen molar-refractivity contribution in [1.29, 1.82) is 0 Å². The van der Waals surface area contributed by atoms with Crippen molar-refractivity contribution < 1.29 is 18.4 Å². The van der Waals surface area contributed by atoms with E-state index in [9.17, 15) is 14.0 Å². The van der Waals surface area contributed by atoms with Crippen molar-refractivity contribution in [1.82, 2.24) is 4.90 Å². The fourth-order valence-electron chi connectivity index (χ4n) is 3.00. The van der Waals surface area contributed by atoms with Gasteiger partial charge in [-0.2, -0.15) is 0 Å². The van der Waals surface area contributed by atoms with Gasteiger partial charge in [0.1, 0.15) is 17.3 Å². The third-order valence-electron chi connectivity index (χ3n) is 4.53. The molecule has 1 aliphatic rings. The zero-order valence-electron chi connectivity index (χ0n) is 15.3. The molecule has 1 aromatic heterocycles. The van der Waals surface area contributed by atoms with Crippen molar-refractivity contribution in [2.75, 3.05) is 0 Å². The van der Waals surface area contributed by atoms with Gasteiger partial charge in [0.05, 0.1) is 11.4 Å². The topological polar surface area (TPSA) is 50.5 Å². The molecule has 1 saturated heterocycles. The van der Waals surface area contributed by atoms with Crippen molar-refractivity contribution in [3.8, 4) is 11.3 Å². The molecule has 2 heterocycles. The minimum absolute atomic E-state index is 0.111. The molecule has 3 aromatic rings. The van der Waals surface area contributed by atoms with Crippen molar-refractivity contribution in [2.24, 2.45) is 0 Å². The zero-order valence-corrected chi connectivity index (χ0v) is 16.9. The summed E-state index contributed by atoms with van der Waals surface area (Å²) in [6.45, 7) is 1.84. The van der Waals surface area contributed by atoms with E-state index in [0.717, 1.165) is 27.8 Å². The van der Waals surface area contributed by atoms with Crippen molar-refractivity contribution in [3.63, 3.8) is 0 Å². The van der Waals surface area contributed by atoms with Crippen LogP contribution in [0.15, 0.2) is 63.9 Å². The predicted molar refractivity (Wildman–Crippen MR) is 112 cm³/mol. The van der Waals surface area contributed by atoms with Crippen LogP contribution in [0.4, 0.5) is 9.18 Å². The van der Waals surface area contributed by atoms with Crippen LogP contribution >= 0.6 is 23.4 Å². The van der Waals surface area contributed by atoms with Crippen LogP contribution in [-0.2, 0) is 11.3 Å². The first-order valence-corrected chi connectivity index (χ1v) is 9.97. The van der Waals surface area contributed by atoms with Crippen molar-refractivity contribution >= 4 is 40.6 Å². The van der Waals surface area contributed by atoms with E-state index in [4.69, 9.17) is 16.0 Å². The highest BCUT2D eigenvalue weighted by molar-refractivity contribution is 8.18. The van der Waals surface area contributed by atoms with Crippen LogP contribution < -0.4 is 0 Å². The number of aryl methyl sites for hydroxylation is 1. The predicted octanol–water partition coefficient (Wildman–Crippen LogP) is 6.28. The second-order valence-electron chi connectivity index (χ2n) is 6.52. The quantitative estimate of drug-likeness (QED) is 0.459. The number of furan rings is 1. The number of imide groups is 1. The Morgan fingerprint density at radius 3 is 2.72 bits per heavy atom. The van der Waals surface area contributed by atoms with Crippen LogP contribution in [0.3, 0.4) is 0 Å². The normalized spacial score (nSPS) is 15.6. The van der Waals surface area contributed by atoms with Crippen LogP contribution in [0.2, 0.25) is 5.02 Å². The van der Waals surface area contributed by atoms with E-state index in [0.29, 0.717) is 16.5 Å². The first kappa shape index (κ1) is 19.5. The number of benzene rings is 2. The molecule has 29 heavy (non-hydrogen) atoms. The number of nitrogens with zero attached hydrogens (tertiary/aromatic N) is 1. The summed E-state index contributed by atoms with van der Waals surface area (Å²) in [5, 5.41) is 0.153. The van der Waals surface area contributed by atoms with Gasteiger partial charge in [0.15, 0.2) is 0 Å². The summed E-state index contributed by atoms with van der Waals surface area (Å²) in [5.74, 6) is 0.126. The summed E-state index contributed by atoms with van der Waals surface area (Å²) in [4.78, 5) is 26.2. The van der Waals surface area contributed by atoms with Gasteiger partial charge >= 0.3 is 0 Å². The van der Waals surface area contributed by atoms with E-state index in [2.05, 4.69) is 0 Å². The number of hydrogen-bond acceptors (Lipinski definition) is 4. The van der Waals surface area contributed by atoms with E-state index in [1.807, 2.05) is 19.1 Å². The van der Waals surface area contributed by atoms with E-state index in [1.165, 1.54) is 12.1 Å². The van der Waals surface area contributed by atoms with Gasteiger partial charge in [0.2, 0.25) is 0 Å². The lowest BCUT2D eigenvalue weighted by Gasteiger charge is -2.12. The molecule has 0 radical (unpaired) electrons. The lowest BCUT2D eigenvalue weighted by Crippen LogP contribution is -2.27. The SMILES string of the molecule is Cc1ccc(Cl)cc1-c1ccc(/C=C2\SC(=O)N(Cc3ccccc3F)C2=O)o1. The number of halogens is 2.